The van der Waals surface area contributed by atoms with E-state index in [1.165, 1.54) is 18.9 Å². The van der Waals surface area contributed by atoms with Crippen molar-refractivity contribution in [3.63, 3.8) is 0 Å². The number of hydrogen-bond acceptors (Lipinski definition) is 1. The Kier molecular flexibility index (Phi) is 2.88. The summed E-state index contributed by atoms with van der Waals surface area (Å²) in [5.41, 5.74) is 1.89. The Morgan fingerprint density at radius 2 is 2.05 bits per heavy atom. The standard InChI is InChI=1S/C16H20FNO/c1-11-10-16(7-3-4-8-16)18(12(2)19)15-6-5-13(17)9-14(11)15/h5-6,9,11H,3-4,7-8,10H2,1-2H3/t11-/m0/s1. The van der Waals surface area contributed by atoms with Crippen molar-refractivity contribution in [2.24, 2.45) is 0 Å². The lowest BCUT2D eigenvalue weighted by Gasteiger charge is -2.47. The van der Waals surface area contributed by atoms with Crippen LogP contribution in [0, 0.1) is 5.82 Å². The van der Waals surface area contributed by atoms with E-state index in [1.54, 1.807) is 19.1 Å². The molecule has 102 valence electrons. The second-order valence-corrected chi connectivity index (χ2v) is 6.09. The minimum atomic E-state index is -0.212. The van der Waals surface area contributed by atoms with Crippen LogP contribution in [-0.4, -0.2) is 11.4 Å². The Hall–Kier alpha value is -1.38. The van der Waals surface area contributed by atoms with Crippen LogP contribution in [0.2, 0.25) is 0 Å². The number of carbonyl (C=O) groups is 1. The third-order valence-corrected chi connectivity index (χ3v) is 4.77. The average Bonchev–Trinajstić information content (AvgIpc) is 2.78. The molecular formula is C16H20FNO. The second-order valence-electron chi connectivity index (χ2n) is 6.09. The molecule has 1 atom stereocenters. The van der Waals surface area contributed by atoms with Crippen LogP contribution >= 0.6 is 0 Å². The van der Waals surface area contributed by atoms with E-state index in [0.717, 1.165) is 30.5 Å². The molecule has 2 nitrogen and oxygen atoms in total. The fraction of sp³-hybridized carbons (Fsp3) is 0.562. The van der Waals surface area contributed by atoms with Gasteiger partial charge in [0.2, 0.25) is 5.91 Å². The van der Waals surface area contributed by atoms with Gasteiger partial charge in [-0.15, -0.1) is 0 Å². The number of anilines is 1. The van der Waals surface area contributed by atoms with Crippen molar-refractivity contribution in [1.29, 1.82) is 0 Å². The van der Waals surface area contributed by atoms with Crippen LogP contribution in [0.25, 0.3) is 0 Å². The predicted octanol–water partition coefficient (Wildman–Crippen LogP) is 4.00. The lowest BCUT2D eigenvalue weighted by atomic mass is 9.77. The van der Waals surface area contributed by atoms with Gasteiger partial charge in [-0.1, -0.05) is 19.8 Å². The predicted molar refractivity (Wildman–Crippen MR) is 73.8 cm³/mol. The second kappa shape index (κ2) is 4.32. The normalized spacial score (nSPS) is 24.6. The minimum Gasteiger partial charge on any atom is -0.306 e. The fourth-order valence-electron chi connectivity index (χ4n) is 4.11. The van der Waals surface area contributed by atoms with Gasteiger partial charge in [-0.3, -0.25) is 4.79 Å². The summed E-state index contributed by atoms with van der Waals surface area (Å²) in [6, 6.07) is 4.84. The third kappa shape index (κ3) is 1.87. The molecule has 0 bridgehead atoms. The lowest BCUT2D eigenvalue weighted by Crippen LogP contribution is -2.53. The van der Waals surface area contributed by atoms with Crippen molar-refractivity contribution in [2.45, 2.75) is 57.4 Å². The number of hydrogen-bond donors (Lipinski definition) is 0. The molecule has 1 spiro atoms. The highest BCUT2D eigenvalue weighted by Gasteiger charge is 2.46. The molecule has 1 aromatic carbocycles. The van der Waals surface area contributed by atoms with E-state index < -0.39 is 0 Å². The first-order valence-electron chi connectivity index (χ1n) is 7.14. The summed E-state index contributed by atoms with van der Waals surface area (Å²) in [5, 5.41) is 0. The van der Waals surface area contributed by atoms with E-state index in [0.29, 0.717) is 5.92 Å². The van der Waals surface area contributed by atoms with Crippen LogP contribution in [0.3, 0.4) is 0 Å². The van der Waals surface area contributed by atoms with Gasteiger partial charge >= 0.3 is 0 Å². The van der Waals surface area contributed by atoms with Crippen LogP contribution in [0.5, 0.6) is 0 Å². The first kappa shape index (κ1) is 12.6. The highest BCUT2D eigenvalue weighted by atomic mass is 19.1. The maximum Gasteiger partial charge on any atom is 0.224 e. The van der Waals surface area contributed by atoms with E-state index in [2.05, 4.69) is 6.92 Å². The van der Waals surface area contributed by atoms with Crippen LogP contribution in [-0.2, 0) is 4.79 Å². The van der Waals surface area contributed by atoms with Crippen molar-refractivity contribution in [2.75, 3.05) is 4.90 Å². The zero-order chi connectivity index (χ0) is 13.6. The topological polar surface area (TPSA) is 20.3 Å². The summed E-state index contributed by atoms with van der Waals surface area (Å²) >= 11 is 0. The maximum atomic E-state index is 13.5. The van der Waals surface area contributed by atoms with Crippen LogP contribution in [0.4, 0.5) is 10.1 Å². The van der Waals surface area contributed by atoms with Gasteiger partial charge in [0.05, 0.1) is 0 Å². The maximum absolute atomic E-state index is 13.5. The van der Waals surface area contributed by atoms with E-state index in [1.807, 2.05) is 4.90 Å². The van der Waals surface area contributed by atoms with E-state index in [-0.39, 0.29) is 17.3 Å². The number of benzene rings is 1. The van der Waals surface area contributed by atoms with Crippen LogP contribution < -0.4 is 4.90 Å². The molecule has 1 saturated carbocycles. The number of fused-ring (bicyclic) bond motifs is 1. The lowest BCUT2D eigenvalue weighted by molar-refractivity contribution is -0.118. The smallest absolute Gasteiger partial charge is 0.224 e. The molecule has 1 aliphatic heterocycles. The minimum absolute atomic E-state index is 0.0178. The van der Waals surface area contributed by atoms with E-state index >= 15 is 0 Å². The van der Waals surface area contributed by atoms with Gasteiger partial charge in [0, 0.05) is 18.2 Å². The van der Waals surface area contributed by atoms with Gasteiger partial charge in [-0.05, 0) is 48.9 Å². The zero-order valence-electron chi connectivity index (χ0n) is 11.6. The molecule has 3 heteroatoms. The monoisotopic (exact) mass is 261 g/mol. The summed E-state index contributed by atoms with van der Waals surface area (Å²) in [6.07, 6.45) is 5.49. The van der Waals surface area contributed by atoms with Crippen molar-refractivity contribution < 1.29 is 9.18 Å². The molecule has 19 heavy (non-hydrogen) atoms. The number of carbonyl (C=O) groups excluding carboxylic acids is 1. The molecule has 1 aromatic rings. The summed E-state index contributed by atoms with van der Waals surface area (Å²) in [4.78, 5) is 14.1. The summed E-state index contributed by atoms with van der Waals surface area (Å²) in [5.74, 6) is 0.192. The molecule has 2 aliphatic rings. The molecule has 0 N–H and O–H groups in total. The fourth-order valence-corrected chi connectivity index (χ4v) is 4.11. The van der Waals surface area contributed by atoms with Gasteiger partial charge in [-0.25, -0.2) is 4.39 Å². The third-order valence-electron chi connectivity index (χ3n) is 4.77. The van der Waals surface area contributed by atoms with E-state index in [4.69, 9.17) is 0 Å². The van der Waals surface area contributed by atoms with Gasteiger partial charge in [0.1, 0.15) is 5.82 Å². The van der Waals surface area contributed by atoms with Crippen molar-refractivity contribution in [3.05, 3.63) is 29.6 Å². The molecule has 0 aromatic heterocycles. The molecule has 3 rings (SSSR count). The Morgan fingerprint density at radius 3 is 2.68 bits per heavy atom. The summed E-state index contributed by atoms with van der Waals surface area (Å²) < 4.78 is 13.5. The molecule has 1 fully saturated rings. The number of amides is 1. The summed E-state index contributed by atoms with van der Waals surface area (Å²) in [7, 11) is 0. The Bertz CT molecular complexity index is 519. The molecule has 0 saturated heterocycles. The van der Waals surface area contributed by atoms with Gasteiger partial charge in [0.25, 0.3) is 0 Å². The Labute approximate surface area is 113 Å². The van der Waals surface area contributed by atoms with Gasteiger partial charge < -0.3 is 4.90 Å². The number of nitrogens with zero attached hydrogens (tertiary/aromatic N) is 1. The largest absolute Gasteiger partial charge is 0.306 e. The van der Waals surface area contributed by atoms with Crippen molar-refractivity contribution in [1.82, 2.24) is 0 Å². The van der Waals surface area contributed by atoms with Crippen molar-refractivity contribution >= 4 is 11.6 Å². The average molecular weight is 261 g/mol. The first-order valence-corrected chi connectivity index (χ1v) is 7.14. The van der Waals surface area contributed by atoms with Crippen LogP contribution in [0.15, 0.2) is 18.2 Å². The Balaban J connectivity index is 2.15. The molecule has 1 amide bonds. The molecule has 1 heterocycles. The highest BCUT2D eigenvalue weighted by Crippen LogP contribution is 2.50. The first-order chi connectivity index (χ1) is 9.03. The van der Waals surface area contributed by atoms with Crippen molar-refractivity contribution in [3.8, 4) is 0 Å². The quantitative estimate of drug-likeness (QED) is 0.691. The van der Waals surface area contributed by atoms with Gasteiger partial charge in [0.15, 0.2) is 0 Å². The molecule has 0 unspecified atom stereocenters. The number of halogens is 1. The number of rotatable bonds is 0. The van der Waals surface area contributed by atoms with Gasteiger partial charge in [-0.2, -0.15) is 0 Å². The molecular weight excluding hydrogens is 241 g/mol. The SMILES string of the molecule is CC(=O)N1c2ccc(F)cc2[C@@H](C)CC12CCCC2. The Morgan fingerprint density at radius 1 is 1.37 bits per heavy atom. The van der Waals surface area contributed by atoms with Crippen LogP contribution in [0.1, 0.15) is 57.4 Å². The molecule has 0 radical (unpaired) electrons. The van der Waals surface area contributed by atoms with E-state index in [9.17, 15) is 9.18 Å². The highest BCUT2D eigenvalue weighted by molar-refractivity contribution is 5.94. The summed E-state index contributed by atoms with van der Waals surface area (Å²) in [6.45, 7) is 3.78. The molecule has 1 aliphatic carbocycles. The zero-order valence-corrected chi connectivity index (χ0v) is 11.6.